The van der Waals surface area contributed by atoms with E-state index in [1.54, 1.807) is 23.1 Å². The number of hydrogen-bond acceptors (Lipinski definition) is 4. The summed E-state index contributed by atoms with van der Waals surface area (Å²) in [6.45, 7) is 0.929. The van der Waals surface area contributed by atoms with Crippen LogP contribution in [-0.2, 0) is 4.79 Å². The Morgan fingerprint density at radius 1 is 1.00 bits per heavy atom. The van der Waals surface area contributed by atoms with Crippen molar-refractivity contribution in [3.8, 4) is 11.5 Å². The fourth-order valence-corrected chi connectivity index (χ4v) is 3.04. The van der Waals surface area contributed by atoms with Gasteiger partial charge in [0, 0.05) is 29.9 Å². The van der Waals surface area contributed by atoms with Crippen LogP contribution in [-0.4, -0.2) is 25.2 Å². The third-order valence-electron chi connectivity index (χ3n) is 4.40. The van der Waals surface area contributed by atoms with Crippen molar-refractivity contribution in [1.82, 2.24) is 0 Å². The van der Waals surface area contributed by atoms with Crippen LogP contribution < -0.4 is 19.7 Å². The average molecular weight is 338 g/mol. The summed E-state index contributed by atoms with van der Waals surface area (Å²) in [6.07, 6.45) is 2.58. The summed E-state index contributed by atoms with van der Waals surface area (Å²) >= 11 is 0. The predicted octanol–water partition coefficient (Wildman–Crippen LogP) is 3.18. The summed E-state index contributed by atoms with van der Waals surface area (Å²) < 4.78 is 10.5. The fraction of sp³-hybridized carbons (Fsp3) is 0.263. The van der Waals surface area contributed by atoms with Gasteiger partial charge in [-0.3, -0.25) is 9.59 Å². The maximum Gasteiger partial charge on any atom is 0.255 e. The van der Waals surface area contributed by atoms with Crippen LogP contribution >= 0.6 is 0 Å². The average Bonchev–Trinajstić information content (AvgIpc) is 3.10. The van der Waals surface area contributed by atoms with E-state index >= 15 is 0 Å². The molecule has 0 saturated carbocycles. The Bertz CT molecular complexity index is 817. The molecule has 0 atom stereocenters. The standard InChI is InChI=1S/C19H18N2O4/c22-18-3-1-2-10-21(18)15-7-5-14(6-8-15)20-19(23)13-4-9-16-17(11-13)25-12-24-16/h4-9,11H,1-3,10,12H2,(H,20,23). The van der Waals surface area contributed by atoms with Crippen LogP contribution in [0.15, 0.2) is 42.5 Å². The highest BCUT2D eigenvalue weighted by molar-refractivity contribution is 6.05. The minimum atomic E-state index is -0.222. The number of benzene rings is 2. The zero-order valence-electron chi connectivity index (χ0n) is 13.7. The molecule has 25 heavy (non-hydrogen) atoms. The molecule has 6 heteroatoms. The number of fused-ring (bicyclic) bond motifs is 1. The molecule has 4 rings (SSSR count). The van der Waals surface area contributed by atoms with Crippen LogP contribution in [0.2, 0.25) is 0 Å². The van der Waals surface area contributed by atoms with Gasteiger partial charge in [0.25, 0.3) is 5.91 Å². The zero-order valence-corrected chi connectivity index (χ0v) is 13.7. The molecular weight excluding hydrogens is 320 g/mol. The zero-order chi connectivity index (χ0) is 17.2. The predicted molar refractivity (Wildman–Crippen MR) is 93.2 cm³/mol. The monoisotopic (exact) mass is 338 g/mol. The highest BCUT2D eigenvalue weighted by atomic mass is 16.7. The Kier molecular flexibility index (Phi) is 4.01. The first-order valence-corrected chi connectivity index (χ1v) is 8.32. The quantitative estimate of drug-likeness (QED) is 0.933. The van der Waals surface area contributed by atoms with E-state index in [2.05, 4.69) is 5.32 Å². The maximum atomic E-state index is 12.4. The van der Waals surface area contributed by atoms with Gasteiger partial charge < -0.3 is 19.7 Å². The van der Waals surface area contributed by atoms with Crippen LogP contribution in [0.25, 0.3) is 0 Å². The van der Waals surface area contributed by atoms with E-state index in [1.807, 2.05) is 24.3 Å². The lowest BCUT2D eigenvalue weighted by atomic mass is 10.1. The van der Waals surface area contributed by atoms with Crippen molar-refractivity contribution in [2.24, 2.45) is 0 Å². The number of piperidine rings is 1. The summed E-state index contributed by atoms with van der Waals surface area (Å²) in [5.74, 6) is 1.15. The number of hydrogen-bond donors (Lipinski definition) is 1. The van der Waals surface area contributed by atoms with E-state index in [9.17, 15) is 9.59 Å². The maximum absolute atomic E-state index is 12.4. The fourth-order valence-electron chi connectivity index (χ4n) is 3.04. The third kappa shape index (κ3) is 3.15. The number of ether oxygens (including phenoxy) is 2. The molecule has 0 bridgehead atoms. The highest BCUT2D eigenvalue weighted by Gasteiger charge is 2.20. The largest absolute Gasteiger partial charge is 0.454 e. The van der Waals surface area contributed by atoms with Gasteiger partial charge in [-0.2, -0.15) is 0 Å². The van der Waals surface area contributed by atoms with Gasteiger partial charge in [0.1, 0.15) is 0 Å². The molecule has 1 fully saturated rings. The summed E-state index contributed by atoms with van der Waals surface area (Å²) in [7, 11) is 0. The molecule has 0 spiro atoms. The first-order valence-electron chi connectivity index (χ1n) is 8.32. The van der Waals surface area contributed by atoms with Gasteiger partial charge in [0.15, 0.2) is 11.5 Å². The molecule has 0 unspecified atom stereocenters. The van der Waals surface area contributed by atoms with Crippen molar-refractivity contribution < 1.29 is 19.1 Å². The molecule has 1 saturated heterocycles. The third-order valence-corrected chi connectivity index (χ3v) is 4.40. The van der Waals surface area contributed by atoms with E-state index in [4.69, 9.17) is 9.47 Å². The summed E-state index contributed by atoms with van der Waals surface area (Å²) in [5, 5.41) is 2.85. The topological polar surface area (TPSA) is 67.9 Å². The van der Waals surface area contributed by atoms with Gasteiger partial charge in [-0.25, -0.2) is 0 Å². The van der Waals surface area contributed by atoms with Gasteiger partial charge >= 0.3 is 0 Å². The van der Waals surface area contributed by atoms with Gasteiger partial charge in [-0.15, -0.1) is 0 Å². The Hall–Kier alpha value is -3.02. The Labute approximate surface area is 145 Å². The molecule has 2 aromatic carbocycles. The molecular formula is C19H18N2O4. The summed E-state index contributed by atoms with van der Waals surface area (Å²) in [5.41, 5.74) is 2.04. The number of carbonyl (C=O) groups excluding carboxylic acids is 2. The summed E-state index contributed by atoms with van der Waals surface area (Å²) in [6, 6.07) is 12.4. The van der Waals surface area contributed by atoms with Gasteiger partial charge in [0.05, 0.1) is 0 Å². The van der Waals surface area contributed by atoms with E-state index in [-0.39, 0.29) is 18.6 Å². The molecule has 128 valence electrons. The van der Waals surface area contributed by atoms with Gasteiger partial charge in [0.2, 0.25) is 12.7 Å². The molecule has 2 amide bonds. The van der Waals surface area contributed by atoms with Crippen LogP contribution in [0.4, 0.5) is 11.4 Å². The smallest absolute Gasteiger partial charge is 0.255 e. The van der Waals surface area contributed by atoms with Crippen molar-refractivity contribution in [3.63, 3.8) is 0 Å². The van der Waals surface area contributed by atoms with E-state index < -0.39 is 0 Å². The Morgan fingerprint density at radius 3 is 2.60 bits per heavy atom. The first-order chi connectivity index (χ1) is 12.2. The van der Waals surface area contributed by atoms with Crippen LogP contribution in [0, 0.1) is 0 Å². The second kappa shape index (κ2) is 6.47. The summed E-state index contributed by atoms with van der Waals surface area (Å²) in [4.78, 5) is 26.1. The number of anilines is 2. The van der Waals surface area contributed by atoms with Crippen molar-refractivity contribution in [1.29, 1.82) is 0 Å². The lowest BCUT2D eigenvalue weighted by Crippen LogP contribution is -2.35. The molecule has 2 aromatic rings. The lowest BCUT2D eigenvalue weighted by Gasteiger charge is -2.26. The number of carbonyl (C=O) groups is 2. The number of amides is 2. The molecule has 2 aliphatic rings. The van der Waals surface area contributed by atoms with E-state index in [0.29, 0.717) is 29.2 Å². The molecule has 1 N–H and O–H groups in total. The molecule has 2 aliphatic heterocycles. The molecule has 0 radical (unpaired) electrons. The van der Waals surface area contributed by atoms with Gasteiger partial charge in [-0.05, 0) is 55.3 Å². The van der Waals surface area contributed by atoms with E-state index in [1.165, 1.54) is 0 Å². The van der Waals surface area contributed by atoms with Crippen molar-refractivity contribution in [2.75, 3.05) is 23.6 Å². The van der Waals surface area contributed by atoms with Crippen molar-refractivity contribution >= 4 is 23.2 Å². The van der Waals surface area contributed by atoms with Crippen LogP contribution in [0.3, 0.4) is 0 Å². The first kappa shape index (κ1) is 15.5. The van der Waals surface area contributed by atoms with Crippen LogP contribution in [0.5, 0.6) is 11.5 Å². The second-order valence-electron chi connectivity index (χ2n) is 6.07. The molecule has 2 heterocycles. The second-order valence-corrected chi connectivity index (χ2v) is 6.07. The Morgan fingerprint density at radius 2 is 1.80 bits per heavy atom. The SMILES string of the molecule is O=C(Nc1ccc(N2CCCCC2=O)cc1)c1ccc2c(c1)OCO2. The molecule has 6 nitrogen and oxygen atoms in total. The number of nitrogens with zero attached hydrogens (tertiary/aromatic N) is 1. The highest BCUT2D eigenvalue weighted by Crippen LogP contribution is 2.32. The minimum absolute atomic E-state index is 0.156. The normalized spacial score (nSPS) is 16.0. The van der Waals surface area contributed by atoms with E-state index in [0.717, 1.165) is 25.1 Å². The molecule has 0 aliphatic carbocycles. The Balaban J connectivity index is 1.45. The van der Waals surface area contributed by atoms with Crippen molar-refractivity contribution in [3.05, 3.63) is 48.0 Å². The number of nitrogens with one attached hydrogen (secondary N) is 1. The molecule has 0 aromatic heterocycles. The van der Waals surface area contributed by atoms with Gasteiger partial charge in [-0.1, -0.05) is 0 Å². The van der Waals surface area contributed by atoms with Crippen molar-refractivity contribution in [2.45, 2.75) is 19.3 Å². The van der Waals surface area contributed by atoms with Crippen LogP contribution in [0.1, 0.15) is 29.6 Å². The number of rotatable bonds is 3. The lowest BCUT2D eigenvalue weighted by molar-refractivity contribution is -0.119. The minimum Gasteiger partial charge on any atom is -0.454 e.